The molecule has 0 radical (unpaired) electrons. The van der Waals surface area contributed by atoms with Gasteiger partial charge in [0, 0.05) is 5.41 Å². The molecule has 0 bridgehead atoms. The fourth-order valence-corrected chi connectivity index (χ4v) is 2.42. The zero-order valence-corrected chi connectivity index (χ0v) is 10.5. The van der Waals surface area contributed by atoms with E-state index in [9.17, 15) is 5.11 Å². The normalized spacial score (nSPS) is 11.5. The van der Waals surface area contributed by atoms with Crippen molar-refractivity contribution in [3.8, 4) is 5.75 Å². The molecular formula is C12H18O2S. The fraction of sp³-hybridized carbons (Fsp3) is 0.500. The Kier molecular flexibility index (Phi) is 4.05. The molecule has 0 atom stereocenters. The zero-order valence-electron chi connectivity index (χ0n) is 9.70. The SMILES string of the molecule is COc1cccc(C(C)(C)CO)c1SC. The first-order chi connectivity index (χ1) is 7.06. The van der Waals surface area contributed by atoms with Crippen LogP contribution in [0.2, 0.25) is 0 Å². The lowest BCUT2D eigenvalue weighted by molar-refractivity contribution is 0.216. The van der Waals surface area contributed by atoms with Crippen LogP contribution < -0.4 is 4.74 Å². The molecule has 1 aromatic carbocycles. The van der Waals surface area contributed by atoms with Gasteiger partial charge in [0.25, 0.3) is 0 Å². The number of methoxy groups -OCH3 is 1. The Hall–Kier alpha value is -0.670. The summed E-state index contributed by atoms with van der Waals surface area (Å²) in [5.41, 5.74) is 0.907. The Labute approximate surface area is 95.7 Å². The number of ether oxygens (including phenoxy) is 1. The minimum absolute atomic E-state index is 0.133. The summed E-state index contributed by atoms with van der Waals surface area (Å²) in [4.78, 5) is 1.11. The Balaban J connectivity index is 3.29. The summed E-state index contributed by atoms with van der Waals surface area (Å²) >= 11 is 1.65. The molecule has 2 nitrogen and oxygen atoms in total. The van der Waals surface area contributed by atoms with Gasteiger partial charge in [0.1, 0.15) is 5.75 Å². The van der Waals surface area contributed by atoms with Crippen LogP contribution in [-0.2, 0) is 5.41 Å². The summed E-state index contributed by atoms with van der Waals surface area (Å²) in [6.45, 7) is 4.19. The number of hydrogen-bond donors (Lipinski definition) is 1. The van der Waals surface area contributed by atoms with Crippen LogP contribution in [0.5, 0.6) is 5.75 Å². The number of aliphatic hydroxyl groups excluding tert-OH is 1. The molecule has 84 valence electrons. The number of benzene rings is 1. The third kappa shape index (κ3) is 2.47. The Morgan fingerprint density at radius 1 is 1.40 bits per heavy atom. The lowest BCUT2D eigenvalue weighted by atomic mass is 9.85. The summed E-state index contributed by atoms with van der Waals surface area (Å²) in [5, 5.41) is 9.38. The van der Waals surface area contributed by atoms with Crippen LogP contribution in [0.3, 0.4) is 0 Å². The van der Waals surface area contributed by atoms with Gasteiger partial charge in [-0.1, -0.05) is 26.0 Å². The smallest absolute Gasteiger partial charge is 0.132 e. The molecule has 0 spiro atoms. The maximum atomic E-state index is 9.38. The second-order valence-electron chi connectivity index (χ2n) is 4.08. The standard InChI is InChI=1S/C12H18O2S/c1-12(2,8-13)9-6-5-7-10(14-3)11(9)15-4/h5-7,13H,8H2,1-4H3. The average Bonchev–Trinajstić information content (AvgIpc) is 2.27. The van der Waals surface area contributed by atoms with Gasteiger partial charge in [-0.3, -0.25) is 0 Å². The highest BCUT2D eigenvalue weighted by Crippen LogP contribution is 2.37. The van der Waals surface area contributed by atoms with Crippen LogP contribution in [-0.4, -0.2) is 25.1 Å². The van der Waals surface area contributed by atoms with Crippen LogP contribution in [0.1, 0.15) is 19.4 Å². The van der Waals surface area contributed by atoms with Crippen molar-refractivity contribution in [3.63, 3.8) is 0 Å². The van der Waals surface area contributed by atoms with Crippen molar-refractivity contribution in [2.45, 2.75) is 24.2 Å². The highest BCUT2D eigenvalue weighted by molar-refractivity contribution is 7.98. The average molecular weight is 226 g/mol. The van der Waals surface area contributed by atoms with E-state index in [-0.39, 0.29) is 12.0 Å². The van der Waals surface area contributed by atoms with Gasteiger partial charge in [0.05, 0.1) is 18.6 Å². The Bertz CT molecular complexity index is 334. The van der Waals surface area contributed by atoms with Gasteiger partial charge in [-0.05, 0) is 17.9 Å². The van der Waals surface area contributed by atoms with Crippen molar-refractivity contribution in [2.24, 2.45) is 0 Å². The fourth-order valence-electron chi connectivity index (χ4n) is 1.51. The summed E-state index contributed by atoms with van der Waals surface area (Å²) in [7, 11) is 1.67. The first-order valence-electron chi connectivity index (χ1n) is 4.89. The number of thioether (sulfide) groups is 1. The number of aliphatic hydroxyl groups is 1. The zero-order chi connectivity index (χ0) is 11.5. The quantitative estimate of drug-likeness (QED) is 0.800. The van der Waals surface area contributed by atoms with Gasteiger partial charge in [0.15, 0.2) is 0 Å². The Morgan fingerprint density at radius 2 is 2.07 bits per heavy atom. The molecule has 0 unspecified atom stereocenters. The first kappa shape index (κ1) is 12.4. The lowest BCUT2D eigenvalue weighted by Gasteiger charge is -2.25. The summed E-state index contributed by atoms with van der Waals surface area (Å²) in [5.74, 6) is 0.876. The van der Waals surface area contributed by atoms with Crippen LogP contribution in [0.15, 0.2) is 23.1 Å². The largest absolute Gasteiger partial charge is 0.496 e. The van der Waals surface area contributed by atoms with Crippen LogP contribution >= 0.6 is 11.8 Å². The van der Waals surface area contributed by atoms with Crippen LogP contribution in [0.4, 0.5) is 0 Å². The van der Waals surface area contributed by atoms with E-state index < -0.39 is 0 Å². The molecule has 0 aromatic heterocycles. The molecule has 0 aliphatic rings. The molecule has 0 aliphatic heterocycles. The van der Waals surface area contributed by atoms with E-state index >= 15 is 0 Å². The molecule has 0 saturated carbocycles. The maximum Gasteiger partial charge on any atom is 0.132 e. The summed E-state index contributed by atoms with van der Waals surface area (Å²) in [6.07, 6.45) is 2.02. The van der Waals surface area contributed by atoms with E-state index in [1.165, 1.54) is 0 Å². The topological polar surface area (TPSA) is 29.5 Å². The molecule has 1 N–H and O–H groups in total. The second kappa shape index (κ2) is 4.90. The minimum atomic E-state index is -0.229. The van der Waals surface area contributed by atoms with E-state index in [1.807, 2.05) is 38.3 Å². The third-order valence-electron chi connectivity index (χ3n) is 2.53. The molecule has 15 heavy (non-hydrogen) atoms. The molecule has 0 fully saturated rings. The van der Waals surface area contributed by atoms with E-state index in [0.717, 1.165) is 16.2 Å². The molecule has 1 aromatic rings. The van der Waals surface area contributed by atoms with Crippen molar-refractivity contribution in [2.75, 3.05) is 20.0 Å². The van der Waals surface area contributed by atoms with Gasteiger partial charge >= 0.3 is 0 Å². The third-order valence-corrected chi connectivity index (χ3v) is 3.36. The molecule has 0 aliphatic carbocycles. The van der Waals surface area contributed by atoms with E-state index in [1.54, 1.807) is 18.9 Å². The van der Waals surface area contributed by atoms with Crippen molar-refractivity contribution in [1.82, 2.24) is 0 Å². The number of hydrogen-bond acceptors (Lipinski definition) is 3. The van der Waals surface area contributed by atoms with Crippen molar-refractivity contribution >= 4 is 11.8 Å². The molecule has 0 saturated heterocycles. The van der Waals surface area contributed by atoms with E-state index in [2.05, 4.69) is 0 Å². The monoisotopic (exact) mass is 226 g/mol. The van der Waals surface area contributed by atoms with Gasteiger partial charge in [-0.2, -0.15) is 0 Å². The van der Waals surface area contributed by atoms with Crippen LogP contribution in [0, 0.1) is 0 Å². The van der Waals surface area contributed by atoms with E-state index in [4.69, 9.17) is 4.74 Å². The van der Waals surface area contributed by atoms with Crippen LogP contribution in [0.25, 0.3) is 0 Å². The summed E-state index contributed by atoms with van der Waals surface area (Å²) in [6, 6.07) is 5.96. The minimum Gasteiger partial charge on any atom is -0.496 e. The summed E-state index contributed by atoms with van der Waals surface area (Å²) < 4.78 is 5.31. The first-order valence-corrected chi connectivity index (χ1v) is 6.11. The highest BCUT2D eigenvalue weighted by atomic mass is 32.2. The van der Waals surface area contributed by atoms with Crippen molar-refractivity contribution in [1.29, 1.82) is 0 Å². The van der Waals surface area contributed by atoms with Crippen molar-refractivity contribution in [3.05, 3.63) is 23.8 Å². The second-order valence-corrected chi connectivity index (χ2v) is 4.90. The van der Waals surface area contributed by atoms with Gasteiger partial charge in [-0.15, -0.1) is 11.8 Å². The predicted molar refractivity (Wildman–Crippen MR) is 64.9 cm³/mol. The maximum absolute atomic E-state index is 9.38. The van der Waals surface area contributed by atoms with Crippen molar-refractivity contribution < 1.29 is 9.84 Å². The number of rotatable bonds is 4. The Morgan fingerprint density at radius 3 is 2.53 bits per heavy atom. The predicted octanol–water partition coefficient (Wildman–Crippen LogP) is 2.69. The van der Waals surface area contributed by atoms with Gasteiger partial charge < -0.3 is 9.84 Å². The molecule has 3 heteroatoms. The van der Waals surface area contributed by atoms with E-state index in [0.29, 0.717) is 0 Å². The molecule has 1 rings (SSSR count). The molecule has 0 heterocycles. The van der Waals surface area contributed by atoms with Gasteiger partial charge in [-0.25, -0.2) is 0 Å². The van der Waals surface area contributed by atoms with Gasteiger partial charge in [0.2, 0.25) is 0 Å². The highest BCUT2D eigenvalue weighted by Gasteiger charge is 2.24. The molecule has 0 amide bonds. The molecular weight excluding hydrogens is 208 g/mol. The lowest BCUT2D eigenvalue weighted by Crippen LogP contribution is -2.23.